The number of benzene rings is 1. The molecule has 0 spiro atoms. The van der Waals surface area contributed by atoms with Gasteiger partial charge in [-0.2, -0.15) is 0 Å². The zero-order valence-electron chi connectivity index (χ0n) is 15.2. The van der Waals surface area contributed by atoms with Crippen LogP contribution in [-0.4, -0.2) is 42.5 Å². The van der Waals surface area contributed by atoms with Crippen molar-refractivity contribution in [3.63, 3.8) is 0 Å². The molecule has 142 valence electrons. The summed E-state index contributed by atoms with van der Waals surface area (Å²) in [7, 11) is 0. The molecule has 1 aliphatic heterocycles. The highest BCUT2D eigenvalue weighted by molar-refractivity contribution is 5.93. The SMILES string of the molecule is CCC(C)NC(=O)COC(=O)c1ccc(N2CCCCC2)c([N+](=O)[O-])c1. The first-order chi connectivity index (χ1) is 12.4. The number of nitro benzene ring substituents is 1. The molecule has 1 unspecified atom stereocenters. The molecule has 8 heteroatoms. The van der Waals surface area contributed by atoms with Gasteiger partial charge in [-0.15, -0.1) is 0 Å². The van der Waals surface area contributed by atoms with E-state index < -0.39 is 23.4 Å². The molecular formula is C18H25N3O5. The summed E-state index contributed by atoms with van der Waals surface area (Å²) in [5, 5.41) is 14.1. The van der Waals surface area contributed by atoms with E-state index in [0.29, 0.717) is 5.69 Å². The normalized spacial score (nSPS) is 15.2. The fourth-order valence-corrected chi connectivity index (χ4v) is 2.83. The van der Waals surface area contributed by atoms with Crippen molar-refractivity contribution in [1.82, 2.24) is 5.32 Å². The number of hydrogen-bond acceptors (Lipinski definition) is 6. The number of ether oxygens (including phenoxy) is 1. The van der Waals surface area contributed by atoms with Gasteiger partial charge in [-0.25, -0.2) is 4.79 Å². The van der Waals surface area contributed by atoms with Crippen LogP contribution in [0.15, 0.2) is 18.2 Å². The number of anilines is 1. The molecule has 1 heterocycles. The summed E-state index contributed by atoms with van der Waals surface area (Å²) < 4.78 is 4.97. The second-order valence-corrected chi connectivity index (χ2v) is 6.46. The summed E-state index contributed by atoms with van der Waals surface area (Å²) in [4.78, 5) is 36.7. The summed E-state index contributed by atoms with van der Waals surface area (Å²) in [6.07, 6.45) is 3.87. The Labute approximate surface area is 152 Å². The van der Waals surface area contributed by atoms with Gasteiger partial charge in [0.1, 0.15) is 5.69 Å². The maximum Gasteiger partial charge on any atom is 0.338 e. The third-order valence-corrected chi connectivity index (χ3v) is 4.46. The first-order valence-corrected chi connectivity index (χ1v) is 8.92. The smallest absolute Gasteiger partial charge is 0.338 e. The van der Waals surface area contributed by atoms with Gasteiger partial charge >= 0.3 is 5.97 Å². The molecule has 1 N–H and O–H groups in total. The molecule has 1 amide bonds. The lowest BCUT2D eigenvalue weighted by atomic mass is 10.1. The number of amides is 1. The minimum absolute atomic E-state index is 0.00823. The first kappa shape index (κ1) is 19.7. The Morgan fingerprint density at radius 1 is 1.31 bits per heavy atom. The number of carbonyl (C=O) groups is 2. The van der Waals surface area contributed by atoms with E-state index in [1.807, 2.05) is 18.7 Å². The Hall–Kier alpha value is -2.64. The molecule has 2 rings (SSSR count). The van der Waals surface area contributed by atoms with Crippen molar-refractivity contribution in [3.05, 3.63) is 33.9 Å². The Morgan fingerprint density at radius 2 is 2.00 bits per heavy atom. The molecule has 1 atom stereocenters. The topological polar surface area (TPSA) is 102 Å². The van der Waals surface area contributed by atoms with Gasteiger partial charge in [0, 0.05) is 25.2 Å². The highest BCUT2D eigenvalue weighted by Gasteiger charge is 2.23. The van der Waals surface area contributed by atoms with E-state index in [2.05, 4.69) is 5.32 Å². The van der Waals surface area contributed by atoms with Crippen LogP contribution >= 0.6 is 0 Å². The highest BCUT2D eigenvalue weighted by atomic mass is 16.6. The van der Waals surface area contributed by atoms with E-state index in [4.69, 9.17) is 4.74 Å². The van der Waals surface area contributed by atoms with E-state index in [9.17, 15) is 19.7 Å². The molecule has 1 fully saturated rings. The number of carbonyl (C=O) groups excluding carboxylic acids is 2. The minimum Gasteiger partial charge on any atom is -0.452 e. The zero-order chi connectivity index (χ0) is 19.1. The van der Waals surface area contributed by atoms with Gasteiger partial charge in [-0.05, 0) is 44.7 Å². The number of nitrogens with one attached hydrogen (secondary N) is 1. The Bertz CT molecular complexity index is 671. The van der Waals surface area contributed by atoms with E-state index >= 15 is 0 Å². The Balaban J connectivity index is 2.07. The first-order valence-electron chi connectivity index (χ1n) is 8.92. The number of rotatable bonds is 7. The molecule has 0 saturated carbocycles. The van der Waals surface area contributed by atoms with Gasteiger partial charge in [0.05, 0.1) is 10.5 Å². The van der Waals surface area contributed by atoms with Crippen LogP contribution in [0.3, 0.4) is 0 Å². The van der Waals surface area contributed by atoms with Crippen molar-refractivity contribution in [2.24, 2.45) is 0 Å². The summed E-state index contributed by atoms with van der Waals surface area (Å²) in [6, 6.07) is 4.30. The van der Waals surface area contributed by atoms with Crippen LogP contribution in [0.25, 0.3) is 0 Å². The number of piperidine rings is 1. The number of esters is 1. The maximum atomic E-state index is 12.1. The van der Waals surface area contributed by atoms with Crippen molar-refractivity contribution in [2.75, 3.05) is 24.6 Å². The van der Waals surface area contributed by atoms with Crippen molar-refractivity contribution in [3.8, 4) is 0 Å². The lowest BCUT2D eigenvalue weighted by Gasteiger charge is -2.28. The molecule has 1 aromatic carbocycles. The lowest BCUT2D eigenvalue weighted by Crippen LogP contribution is -2.35. The molecule has 1 aromatic rings. The van der Waals surface area contributed by atoms with Crippen molar-refractivity contribution >= 4 is 23.3 Å². The minimum atomic E-state index is -0.752. The lowest BCUT2D eigenvalue weighted by molar-refractivity contribution is -0.384. The summed E-state index contributed by atoms with van der Waals surface area (Å²) in [5.74, 6) is -1.15. The van der Waals surface area contributed by atoms with Crippen molar-refractivity contribution in [2.45, 2.75) is 45.6 Å². The second-order valence-electron chi connectivity index (χ2n) is 6.46. The molecular weight excluding hydrogens is 338 g/mol. The Kier molecular flexibility index (Phi) is 6.94. The van der Waals surface area contributed by atoms with Crippen LogP contribution in [0.5, 0.6) is 0 Å². The van der Waals surface area contributed by atoms with E-state index in [1.165, 1.54) is 12.1 Å². The van der Waals surface area contributed by atoms with Gasteiger partial charge in [-0.1, -0.05) is 6.92 Å². The van der Waals surface area contributed by atoms with Gasteiger partial charge in [0.2, 0.25) is 0 Å². The standard InChI is InChI=1S/C18H25N3O5/c1-3-13(2)19-17(22)12-26-18(23)14-7-8-15(16(11-14)21(24)25)20-9-5-4-6-10-20/h7-8,11,13H,3-6,9-10,12H2,1-2H3,(H,19,22). The molecule has 0 aliphatic carbocycles. The molecule has 1 aliphatic rings. The largest absolute Gasteiger partial charge is 0.452 e. The van der Waals surface area contributed by atoms with E-state index in [0.717, 1.165) is 38.8 Å². The van der Waals surface area contributed by atoms with Crippen molar-refractivity contribution in [1.29, 1.82) is 0 Å². The zero-order valence-corrected chi connectivity index (χ0v) is 15.2. The average molecular weight is 363 g/mol. The van der Waals surface area contributed by atoms with E-state index in [-0.39, 0.29) is 17.3 Å². The predicted molar refractivity (Wildman–Crippen MR) is 97.3 cm³/mol. The Morgan fingerprint density at radius 3 is 2.62 bits per heavy atom. The predicted octanol–water partition coefficient (Wildman–Crippen LogP) is 2.66. The molecule has 0 bridgehead atoms. The molecule has 26 heavy (non-hydrogen) atoms. The van der Waals surface area contributed by atoms with Crippen LogP contribution in [0.4, 0.5) is 11.4 Å². The van der Waals surface area contributed by atoms with Gasteiger partial charge < -0.3 is 15.0 Å². The quantitative estimate of drug-likeness (QED) is 0.454. The third-order valence-electron chi connectivity index (χ3n) is 4.46. The molecule has 0 aromatic heterocycles. The van der Waals surface area contributed by atoms with Crippen LogP contribution < -0.4 is 10.2 Å². The third kappa shape index (κ3) is 5.18. The maximum absolute atomic E-state index is 12.1. The monoisotopic (exact) mass is 363 g/mol. The van der Waals surface area contributed by atoms with Crippen molar-refractivity contribution < 1.29 is 19.2 Å². The van der Waals surface area contributed by atoms with E-state index in [1.54, 1.807) is 6.07 Å². The second kappa shape index (κ2) is 9.17. The summed E-state index contributed by atoms with van der Waals surface area (Å²) in [5.41, 5.74) is 0.458. The molecule has 8 nitrogen and oxygen atoms in total. The number of hydrogen-bond donors (Lipinski definition) is 1. The molecule has 1 saturated heterocycles. The van der Waals surface area contributed by atoms with Gasteiger partial charge in [-0.3, -0.25) is 14.9 Å². The van der Waals surface area contributed by atoms with Crippen LogP contribution in [0.2, 0.25) is 0 Å². The van der Waals surface area contributed by atoms with Crippen LogP contribution in [0.1, 0.15) is 49.9 Å². The van der Waals surface area contributed by atoms with Gasteiger partial charge in [0.25, 0.3) is 11.6 Å². The highest BCUT2D eigenvalue weighted by Crippen LogP contribution is 2.31. The van der Waals surface area contributed by atoms with Crippen LogP contribution in [0, 0.1) is 10.1 Å². The summed E-state index contributed by atoms with van der Waals surface area (Å²) in [6.45, 7) is 4.90. The average Bonchev–Trinajstić information content (AvgIpc) is 2.66. The summed E-state index contributed by atoms with van der Waals surface area (Å²) >= 11 is 0. The van der Waals surface area contributed by atoms with Crippen LogP contribution in [-0.2, 0) is 9.53 Å². The molecule has 0 radical (unpaired) electrons. The number of nitrogens with zero attached hydrogens (tertiary/aromatic N) is 2. The van der Waals surface area contributed by atoms with Gasteiger partial charge in [0.15, 0.2) is 6.61 Å². The fourth-order valence-electron chi connectivity index (χ4n) is 2.83. The number of nitro groups is 1. The fraction of sp³-hybridized carbons (Fsp3) is 0.556.